The van der Waals surface area contributed by atoms with Crippen LogP contribution < -0.4 is 25.8 Å². The maximum Gasteiger partial charge on any atom is 0.319 e. The molecule has 37 heavy (non-hydrogen) atoms. The molecule has 5 rings (SSSR count). The Hall–Kier alpha value is -4.03. The summed E-state index contributed by atoms with van der Waals surface area (Å²) in [5.41, 5.74) is 13.0. The number of hydrogen-bond donors (Lipinski definition) is 2. The van der Waals surface area contributed by atoms with Gasteiger partial charge in [-0.15, -0.1) is 0 Å². The molecule has 1 saturated heterocycles. The average Bonchev–Trinajstić information content (AvgIpc) is 3.26. The van der Waals surface area contributed by atoms with E-state index in [0.717, 1.165) is 24.1 Å². The number of nitrogens with zero attached hydrogens (tertiary/aromatic N) is 6. The van der Waals surface area contributed by atoms with Gasteiger partial charge in [-0.2, -0.15) is 9.97 Å². The number of hydrogen-bond acceptors (Lipinski definition) is 9. The van der Waals surface area contributed by atoms with Crippen molar-refractivity contribution in [3.63, 3.8) is 0 Å². The molecule has 1 aliphatic heterocycles. The minimum Gasteiger partial charge on any atom is -0.489 e. The molecular weight excluding hydrogens is 486 g/mol. The first-order valence-corrected chi connectivity index (χ1v) is 12.0. The number of piperidine rings is 1. The van der Waals surface area contributed by atoms with Crippen LogP contribution in [0.3, 0.4) is 0 Å². The largest absolute Gasteiger partial charge is 0.489 e. The molecule has 3 aromatic heterocycles. The molecule has 0 radical (unpaired) electrons. The van der Waals surface area contributed by atoms with Gasteiger partial charge in [-0.25, -0.2) is 18.7 Å². The van der Waals surface area contributed by atoms with Gasteiger partial charge in [-0.3, -0.25) is 4.79 Å². The van der Waals surface area contributed by atoms with Gasteiger partial charge in [-0.1, -0.05) is 0 Å². The van der Waals surface area contributed by atoms with E-state index < -0.39 is 17.7 Å². The van der Waals surface area contributed by atoms with Crippen molar-refractivity contribution in [1.29, 1.82) is 0 Å². The molecule has 3 aromatic rings. The Morgan fingerprint density at radius 2 is 1.92 bits per heavy atom. The molecule has 0 spiro atoms. The number of imidazole rings is 1. The van der Waals surface area contributed by atoms with E-state index in [1.165, 1.54) is 6.07 Å². The number of aromatic nitrogens is 5. The normalized spacial score (nSPS) is 19.0. The second-order valence-corrected chi connectivity index (χ2v) is 9.50. The van der Waals surface area contributed by atoms with Crippen molar-refractivity contribution < 1.29 is 23.0 Å². The third-order valence-corrected chi connectivity index (χ3v) is 6.61. The minimum absolute atomic E-state index is 0.0243. The zero-order valence-corrected chi connectivity index (χ0v) is 20.3. The number of nitrogens with two attached hydrogens (primary N) is 2. The maximum absolute atomic E-state index is 13.2. The molecule has 0 bridgehead atoms. The molecule has 4 N–H and O–H groups in total. The second kappa shape index (κ2) is 9.79. The summed E-state index contributed by atoms with van der Waals surface area (Å²) in [6.45, 7) is 1.54. The Kier molecular flexibility index (Phi) is 6.52. The molecule has 0 aromatic carbocycles. The molecule has 2 aliphatic rings. The van der Waals surface area contributed by atoms with Gasteiger partial charge >= 0.3 is 6.01 Å². The molecule has 196 valence electrons. The van der Waals surface area contributed by atoms with Gasteiger partial charge < -0.3 is 30.4 Å². The monoisotopic (exact) mass is 514 g/mol. The third kappa shape index (κ3) is 5.70. The molecule has 1 aliphatic carbocycles. The number of amides is 1. The van der Waals surface area contributed by atoms with Crippen LogP contribution in [0.4, 0.5) is 20.4 Å². The topological polar surface area (TPSA) is 147 Å². The number of ether oxygens (including phenoxy) is 2. The average molecular weight is 515 g/mol. The van der Waals surface area contributed by atoms with Crippen molar-refractivity contribution in [3.05, 3.63) is 36.5 Å². The lowest BCUT2D eigenvalue weighted by Gasteiger charge is -2.32. The van der Waals surface area contributed by atoms with E-state index in [2.05, 4.69) is 19.9 Å². The number of anilines is 2. The van der Waals surface area contributed by atoms with Gasteiger partial charge in [0.05, 0.1) is 24.5 Å². The standard InChI is InChI=1S/C24H28F2N8O3/c1-33-10-18(30-13-33)15-6-19(21(27)29-9-15)36-11-14-2-4-34(5-3-14)20-7-17(22(28)35)31-23(32-20)37-12-16-8-24(16,25)26/h6-7,9-10,13-14,16H,2-5,8,11-12H2,1H3,(H2,27,29)(H2,28,35)/t16-/m0/s1. The highest BCUT2D eigenvalue weighted by Gasteiger charge is 2.57. The van der Waals surface area contributed by atoms with Crippen molar-refractivity contribution in [3.8, 4) is 23.0 Å². The summed E-state index contributed by atoms with van der Waals surface area (Å²) in [6, 6.07) is 3.20. The molecule has 1 saturated carbocycles. The van der Waals surface area contributed by atoms with E-state index in [0.29, 0.717) is 37.1 Å². The summed E-state index contributed by atoms with van der Waals surface area (Å²) in [7, 11) is 1.89. The molecule has 4 heterocycles. The van der Waals surface area contributed by atoms with E-state index >= 15 is 0 Å². The van der Waals surface area contributed by atoms with Gasteiger partial charge in [0.2, 0.25) is 0 Å². The number of pyridine rings is 1. The zero-order chi connectivity index (χ0) is 26.2. The van der Waals surface area contributed by atoms with Crippen LogP contribution in [0.15, 0.2) is 30.9 Å². The Labute approximate surface area is 211 Å². The molecule has 13 heteroatoms. The van der Waals surface area contributed by atoms with Crippen LogP contribution in [-0.4, -0.2) is 62.6 Å². The number of primary amides is 1. The fraction of sp³-hybridized carbons (Fsp3) is 0.458. The highest BCUT2D eigenvalue weighted by Crippen LogP contribution is 2.48. The minimum atomic E-state index is -2.71. The lowest BCUT2D eigenvalue weighted by molar-refractivity contribution is 0.0838. The van der Waals surface area contributed by atoms with E-state index in [1.807, 2.05) is 28.8 Å². The van der Waals surface area contributed by atoms with E-state index in [9.17, 15) is 13.6 Å². The number of carbonyl (C=O) groups is 1. The molecular formula is C24H28F2N8O3. The highest BCUT2D eigenvalue weighted by molar-refractivity contribution is 5.91. The molecule has 1 atom stereocenters. The van der Waals surface area contributed by atoms with Crippen molar-refractivity contribution >= 4 is 17.5 Å². The highest BCUT2D eigenvalue weighted by atomic mass is 19.3. The first-order valence-electron chi connectivity index (χ1n) is 12.0. The second-order valence-electron chi connectivity index (χ2n) is 9.50. The molecule has 11 nitrogen and oxygen atoms in total. The smallest absolute Gasteiger partial charge is 0.319 e. The van der Waals surface area contributed by atoms with Crippen LogP contribution in [0.1, 0.15) is 29.8 Å². The van der Waals surface area contributed by atoms with Crippen LogP contribution in [0.5, 0.6) is 11.8 Å². The first kappa shape index (κ1) is 24.7. The molecule has 2 fully saturated rings. The first-order chi connectivity index (χ1) is 17.7. The van der Waals surface area contributed by atoms with Crippen LogP contribution in [0.2, 0.25) is 0 Å². The van der Waals surface area contributed by atoms with Gasteiger partial charge in [0.15, 0.2) is 11.6 Å². The van der Waals surface area contributed by atoms with Gasteiger partial charge in [0.25, 0.3) is 11.8 Å². The number of alkyl halides is 2. The Balaban J connectivity index is 1.18. The van der Waals surface area contributed by atoms with E-state index in [1.54, 1.807) is 12.5 Å². The number of rotatable bonds is 9. The summed E-state index contributed by atoms with van der Waals surface area (Å²) in [6.07, 6.45) is 6.65. The van der Waals surface area contributed by atoms with Gasteiger partial charge in [-0.05, 0) is 24.8 Å². The number of nitrogen functional groups attached to an aromatic ring is 1. The fourth-order valence-corrected chi connectivity index (χ4v) is 4.20. The lowest BCUT2D eigenvalue weighted by atomic mass is 9.98. The predicted molar refractivity (Wildman–Crippen MR) is 130 cm³/mol. The van der Waals surface area contributed by atoms with Crippen LogP contribution in [0.25, 0.3) is 11.3 Å². The number of aryl methyl sites for hydroxylation is 1. The molecule has 0 unspecified atom stereocenters. The van der Waals surface area contributed by atoms with Gasteiger partial charge in [0.1, 0.15) is 18.1 Å². The predicted octanol–water partition coefficient (Wildman–Crippen LogP) is 2.28. The quantitative estimate of drug-likeness (QED) is 0.439. The summed E-state index contributed by atoms with van der Waals surface area (Å²) < 4.78 is 39.6. The Morgan fingerprint density at radius 1 is 1.16 bits per heavy atom. The summed E-state index contributed by atoms with van der Waals surface area (Å²) in [5, 5.41) is 0. The Morgan fingerprint density at radius 3 is 2.57 bits per heavy atom. The van der Waals surface area contributed by atoms with E-state index in [-0.39, 0.29) is 30.7 Å². The van der Waals surface area contributed by atoms with Crippen molar-refractivity contribution in [1.82, 2.24) is 24.5 Å². The van der Waals surface area contributed by atoms with Gasteiger partial charge in [0, 0.05) is 50.6 Å². The van der Waals surface area contributed by atoms with Crippen molar-refractivity contribution in [2.75, 3.05) is 36.9 Å². The SMILES string of the molecule is Cn1cnc(-c2cnc(N)c(OCC3CCN(c4cc(C(N)=O)nc(OC[C@@H]5CC5(F)F)n4)CC3)c2)c1. The maximum atomic E-state index is 13.2. The molecule has 1 amide bonds. The fourth-order valence-electron chi connectivity index (χ4n) is 4.20. The third-order valence-electron chi connectivity index (χ3n) is 6.61. The summed E-state index contributed by atoms with van der Waals surface area (Å²) in [4.78, 5) is 30.6. The lowest BCUT2D eigenvalue weighted by Crippen LogP contribution is -2.36. The summed E-state index contributed by atoms with van der Waals surface area (Å²) in [5.74, 6) is -2.76. The number of halogens is 2. The van der Waals surface area contributed by atoms with Crippen LogP contribution in [-0.2, 0) is 7.05 Å². The van der Waals surface area contributed by atoms with Crippen LogP contribution >= 0.6 is 0 Å². The van der Waals surface area contributed by atoms with Crippen LogP contribution in [0, 0.1) is 11.8 Å². The zero-order valence-electron chi connectivity index (χ0n) is 20.3. The summed E-state index contributed by atoms with van der Waals surface area (Å²) >= 11 is 0. The number of carbonyl (C=O) groups excluding carboxylic acids is 1. The van der Waals surface area contributed by atoms with Crippen molar-refractivity contribution in [2.24, 2.45) is 24.6 Å². The Bertz CT molecular complexity index is 1290. The van der Waals surface area contributed by atoms with E-state index in [4.69, 9.17) is 20.9 Å². The van der Waals surface area contributed by atoms with Crippen molar-refractivity contribution in [2.45, 2.75) is 25.2 Å².